The van der Waals surface area contributed by atoms with Crippen LogP contribution in [0.25, 0.3) is 11.1 Å². The number of benzene rings is 2. The van der Waals surface area contributed by atoms with Crippen LogP contribution in [0.2, 0.25) is 0 Å². The van der Waals surface area contributed by atoms with E-state index in [4.69, 9.17) is 4.74 Å². The summed E-state index contributed by atoms with van der Waals surface area (Å²) in [6.45, 7) is 5.10. The zero-order chi connectivity index (χ0) is 17.6. The SMILES string of the molecule is C[C@@H](C(=O)OCCN1CCCC1)c1ccc(-c2ccccc2)c(F)c1. The number of nitrogens with zero attached hydrogens (tertiary/aromatic N) is 1. The molecule has 132 valence electrons. The molecule has 2 aromatic carbocycles. The van der Waals surface area contributed by atoms with Gasteiger partial charge in [-0.1, -0.05) is 42.5 Å². The van der Waals surface area contributed by atoms with E-state index >= 15 is 0 Å². The molecule has 4 heteroatoms. The van der Waals surface area contributed by atoms with Gasteiger partial charge in [0.05, 0.1) is 5.92 Å². The van der Waals surface area contributed by atoms with Crippen molar-refractivity contribution in [2.45, 2.75) is 25.7 Å². The molecule has 0 aliphatic carbocycles. The van der Waals surface area contributed by atoms with E-state index in [1.54, 1.807) is 19.1 Å². The van der Waals surface area contributed by atoms with Gasteiger partial charge in [-0.3, -0.25) is 9.69 Å². The van der Waals surface area contributed by atoms with Crippen LogP contribution in [0.3, 0.4) is 0 Å². The second kappa shape index (κ2) is 8.26. The van der Waals surface area contributed by atoms with Crippen molar-refractivity contribution >= 4 is 5.97 Å². The summed E-state index contributed by atoms with van der Waals surface area (Å²) in [5.41, 5.74) is 2.01. The number of carbonyl (C=O) groups is 1. The average molecular weight is 341 g/mol. The highest BCUT2D eigenvalue weighted by Crippen LogP contribution is 2.26. The maximum absolute atomic E-state index is 14.5. The molecule has 0 N–H and O–H groups in total. The molecule has 0 saturated carbocycles. The lowest BCUT2D eigenvalue weighted by atomic mass is 9.97. The summed E-state index contributed by atoms with van der Waals surface area (Å²) in [5.74, 6) is -1.09. The molecule has 1 heterocycles. The van der Waals surface area contributed by atoms with Crippen molar-refractivity contribution in [2.24, 2.45) is 0 Å². The lowest BCUT2D eigenvalue weighted by Gasteiger charge is -2.16. The molecule has 1 atom stereocenters. The van der Waals surface area contributed by atoms with E-state index in [0.717, 1.165) is 25.2 Å². The molecule has 3 nitrogen and oxygen atoms in total. The molecule has 25 heavy (non-hydrogen) atoms. The van der Waals surface area contributed by atoms with Crippen LogP contribution in [0.1, 0.15) is 31.2 Å². The minimum Gasteiger partial charge on any atom is -0.464 e. The van der Waals surface area contributed by atoms with E-state index in [2.05, 4.69) is 4.90 Å². The predicted molar refractivity (Wildman–Crippen MR) is 96.9 cm³/mol. The molecule has 1 aliphatic heterocycles. The van der Waals surface area contributed by atoms with E-state index in [-0.39, 0.29) is 11.8 Å². The fourth-order valence-corrected chi connectivity index (χ4v) is 3.20. The minimum absolute atomic E-state index is 0.300. The Hall–Kier alpha value is -2.20. The molecule has 1 saturated heterocycles. The van der Waals surface area contributed by atoms with Crippen molar-refractivity contribution in [3.05, 3.63) is 59.9 Å². The third kappa shape index (κ3) is 4.45. The number of esters is 1. The first-order chi connectivity index (χ1) is 12.1. The van der Waals surface area contributed by atoms with Gasteiger partial charge in [-0.05, 0) is 50.0 Å². The van der Waals surface area contributed by atoms with Crippen LogP contribution in [-0.4, -0.2) is 37.1 Å². The quantitative estimate of drug-likeness (QED) is 0.736. The molecule has 3 rings (SSSR count). The summed E-state index contributed by atoms with van der Waals surface area (Å²) >= 11 is 0. The first-order valence-electron chi connectivity index (χ1n) is 8.89. The van der Waals surface area contributed by atoms with Crippen molar-refractivity contribution in [1.29, 1.82) is 0 Å². The van der Waals surface area contributed by atoms with Crippen LogP contribution in [0.15, 0.2) is 48.5 Å². The first kappa shape index (κ1) is 17.6. The smallest absolute Gasteiger partial charge is 0.313 e. The Morgan fingerprint density at radius 2 is 1.88 bits per heavy atom. The number of halogens is 1. The Balaban J connectivity index is 1.60. The van der Waals surface area contributed by atoms with Crippen LogP contribution in [0, 0.1) is 5.82 Å². The van der Waals surface area contributed by atoms with Gasteiger partial charge in [0.25, 0.3) is 0 Å². The fraction of sp³-hybridized carbons (Fsp3) is 0.381. The van der Waals surface area contributed by atoms with Gasteiger partial charge >= 0.3 is 5.97 Å². The number of hydrogen-bond donors (Lipinski definition) is 0. The van der Waals surface area contributed by atoms with Crippen molar-refractivity contribution in [1.82, 2.24) is 4.90 Å². The van der Waals surface area contributed by atoms with E-state index < -0.39 is 5.92 Å². The van der Waals surface area contributed by atoms with Gasteiger partial charge in [0.2, 0.25) is 0 Å². The number of ether oxygens (including phenoxy) is 1. The second-order valence-corrected chi connectivity index (χ2v) is 6.54. The fourth-order valence-electron chi connectivity index (χ4n) is 3.20. The maximum Gasteiger partial charge on any atom is 0.313 e. The molecular weight excluding hydrogens is 317 g/mol. The Bertz CT molecular complexity index is 711. The highest BCUT2D eigenvalue weighted by Gasteiger charge is 2.19. The second-order valence-electron chi connectivity index (χ2n) is 6.54. The van der Waals surface area contributed by atoms with Crippen LogP contribution >= 0.6 is 0 Å². The van der Waals surface area contributed by atoms with Gasteiger partial charge in [0.1, 0.15) is 12.4 Å². The molecule has 2 aromatic rings. The Labute approximate surface area is 148 Å². The molecule has 1 aliphatic rings. The van der Waals surface area contributed by atoms with E-state index in [1.807, 2.05) is 30.3 Å². The van der Waals surface area contributed by atoms with E-state index in [9.17, 15) is 9.18 Å². The van der Waals surface area contributed by atoms with Crippen LogP contribution < -0.4 is 0 Å². The lowest BCUT2D eigenvalue weighted by Crippen LogP contribution is -2.26. The number of rotatable bonds is 6. The highest BCUT2D eigenvalue weighted by molar-refractivity contribution is 5.78. The number of likely N-dealkylation sites (tertiary alicyclic amines) is 1. The van der Waals surface area contributed by atoms with Crippen molar-refractivity contribution in [2.75, 3.05) is 26.2 Å². The Morgan fingerprint density at radius 3 is 2.56 bits per heavy atom. The minimum atomic E-state index is -0.474. The van der Waals surface area contributed by atoms with Gasteiger partial charge in [0.15, 0.2) is 0 Å². The van der Waals surface area contributed by atoms with Gasteiger partial charge in [-0.15, -0.1) is 0 Å². The normalized spacial score (nSPS) is 15.9. The predicted octanol–water partition coefficient (Wildman–Crippen LogP) is 4.24. The van der Waals surface area contributed by atoms with Gasteiger partial charge < -0.3 is 4.74 Å². The third-order valence-corrected chi connectivity index (χ3v) is 4.78. The van der Waals surface area contributed by atoms with Crippen molar-refractivity contribution < 1.29 is 13.9 Å². The van der Waals surface area contributed by atoms with Gasteiger partial charge in [-0.25, -0.2) is 4.39 Å². The molecule has 0 amide bonds. The van der Waals surface area contributed by atoms with Gasteiger partial charge in [-0.2, -0.15) is 0 Å². The van der Waals surface area contributed by atoms with Crippen LogP contribution in [0.4, 0.5) is 4.39 Å². The topological polar surface area (TPSA) is 29.5 Å². The van der Waals surface area contributed by atoms with Crippen LogP contribution in [0.5, 0.6) is 0 Å². The van der Waals surface area contributed by atoms with Gasteiger partial charge in [0, 0.05) is 12.1 Å². The summed E-state index contributed by atoms with van der Waals surface area (Å²) in [6.07, 6.45) is 2.44. The molecule has 0 aromatic heterocycles. The lowest BCUT2D eigenvalue weighted by molar-refractivity contribution is -0.145. The highest BCUT2D eigenvalue weighted by atomic mass is 19.1. The zero-order valence-corrected chi connectivity index (χ0v) is 14.6. The van der Waals surface area contributed by atoms with Crippen molar-refractivity contribution in [3.8, 4) is 11.1 Å². The van der Waals surface area contributed by atoms with E-state index in [1.165, 1.54) is 18.9 Å². The standard InChI is InChI=1S/C21H24FNO2/c1-16(21(24)25-14-13-23-11-5-6-12-23)18-9-10-19(20(22)15-18)17-7-3-2-4-8-17/h2-4,7-10,15-16H,5-6,11-14H2,1H3/t16-/m1/s1. The molecule has 1 fully saturated rings. The first-order valence-corrected chi connectivity index (χ1v) is 8.89. The van der Waals surface area contributed by atoms with Crippen LogP contribution in [-0.2, 0) is 9.53 Å². The molecule has 0 spiro atoms. The van der Waals surface area contributed by atoms with E-state index in [0.29, 0.717) is 17.7 Å². The largest absolute Gasteiger partial charge is 0.464 e. The molecule has 0 unspecified atom stereocenters. The summed E-state index contributed by atoms with van der Waals surface area (Å²) in [7, 11) is 0. The maximum atomic E-state index is 14.5. The molecule has 0 bridgehead atoms. The third-order valence-electron chi connectivity index (χ3n) is 4.78. The Kier molecular flexibility index (Phi) is 5.82. The summed E-state index contributed by atoms with van der Waals surface area (Å²) < 4.78 is 19.8. The van der Waals surface area contributed by atoms with Crippen molar-refractivity contribution in [3.63, 3.8) is 0 Å². The summed E-state index contributed by atoms with van der Waals surface area (Å²) in [6, 6.07) is 14.4. The summed E-state index contributed by atoms with van der Waals surface area (Å²) in [5, 5.41) is 0. The molecular formula is C21H24FNO2. The summed E-state index contributed by atoms with van der Waals surface area (Å²) in [4.78, 5) is 14.5. The Morgan fingerprint density at radius 1 is 1.16 bits per heavy atom. The monoisotopic (exact) mass is 341 g/mol. The molecule has 0 radical (unpaired) electrons. The number of hydrogen-bond acceptors (Lipinski definition) is 3. The zero-order valence-electron chi connectivity index (χ0n) is 14.6. The average Bonchev–Trinajstić information content (AvgIpc) is 3.15. The number of carbonyl (C=O) groups excluding carboxylic acids is 1.